The quantitative estimate of drug-likeness (QED) is 0.404. The summed E-state index contributed by atoms with van der Waals surface area (Å²) in [5.74, 6) is -0.337. The number of hydrogen-bond acceptors (Lipinski definition) is 5. The summed E-state index contributed by atoms with van der Waals surface area (Å²) < 4.78 is 7.14. The lowest BCUT2D eigenvalue weighted by molar-refractivity contribution is 0.0540. The Morgan fingerprint density at radius 1 is 1.25 bits per heavy atom. The van der Waals surface area contributed by atoms with Crippen LogP contribution in [0.3, 0.4) is 0 Å². The second kappa shape index (κ2) is 7.23. The van der Waals surface area contributed by atoms with Gasteiger partial charge in [0, 0.05) is 6.54 Å². The summed E-state index contributed by atoms with van der Waals surface area (Å²) in [6.07, 6.45) is 5.02. The third-order valence-electron chi connectivity index (χ3n) is 3.43. The fourth-order valence-corrected chi connectivity index (χ4v) is 2.31. The Bertz CT molecular complexity index is 890. The maximum absolute atomic E-state index is 11.9. The van der Waals surface area contributed by atoms with E-state index in [4.69, 9.17) is 16.3 Å². The van der Waals surface area contributed by atoms with E-state index >= 15 is 0 Å². The lowest BCUT2D eigenvalue weighted by Gasteiger charge is -2.06. The molecule has 0 bridgehead atoms. The van der Waals surface area contributed by atoms with E-state index in [1.807, 2.05) is 23.6 Å². The molecule has 0 aliphatic rings. The van der Waals surface area contributed by atoms with E-state index in [9.17, 15) is 4.79 Å². The zero-order chi connectivity index (χ0) is 16.9. The monoisotopic (exact) mass is 342 g/mol. The highest BCUT2D eigenvalue weighted by atomic mass is 35.5. The zero-order valence-corrected chi connectivity index (χ0v) is 13.8. The molecule has 3 rings (SSSR count). The molecule has 0 aliphatic carbocycles. The van der Waals surface area contributed by atoms with E-state index in [0.717, 1.165) is 5.57 Å². The van der Waals surface area contributed by atoms with Gasteiger partial charge in [-0.1, -0.05) is 35.9 Å². The number of benzene rings is 1. The van der Waals surface area contributed by atoms with Crippen LogP contribution < -0.4 is 0 Å². The maximum Gasteiger partial charge on any atom is 0.338 e. The van der Waals surface area contributed by atoms with Gasteiger partial charge in [0.15, 0.2) is 10.8 Å². The van der Waals surface area contributed by atoms with Crippen molar-refractivity contribution in [2.75, 3.05) is 6.61 Å². The average Bonchev–Trinajstić information content (AvgIpc) is 3.03. The second-order valence-electron chi connectivity index (χ2n) is 5.23. The van der Waals surface area contributed by atoms with Gasteiger partial charge in [-0.25, -0.2) is 19.7 Å². The van der Waals surface area contributed by atoms with Crippen molar-refractivity contribution in [3.63, 3.8) is 0 Å². The number of hydrogen-bond donors (Lipinski definition) is 0. The van der Waals surface area contributed by atoms with Gasteiger partial charge in [0.25, 0.3) is 0 Å². The predicted octanol–water partition coefficient (Wildman–Crippen LogP) is 3.28. The zero-order valence-electron chi connectivity index (χ0n) is 13.0. The fourth-order valence-electron chi connectivity index (χ4n) is 2.14. The van der Waals surface area contributed by atoms with Crippen molar-refractivity contribution < 1.29 is 9.53 Å². The molecule has 3 aromatic rings. The summed E-state index contributed by atoms with van der Waals surface area (Å²) >= 11 is 5.98. The van der Waals surface area contributed by atoms with E-state index in [2.05, 4.69) is 15.0 Å². The second-order valence-corrected chi connectivity index (χ2v) is 5.58. The van der Waals surface area contributed by atoms with Crippen LogP contribution in [0.1, 0.15) is 17.3 Å². The first-order valence-electron chi connectivity index (χ1n) is 7.34. The first-order valence-corrected chi connectivity index (χ1v) is 7.72. The number of fused-ring (bicyclic) bond motifs is 1. The van der Waals surface area contributed by atoms with Crippen molar-refractivity contribution >= 4 is 28.7 Å². The van der Waals surface area contributed by atoms with Gasteiger partial charge >= 0.3 is 5.97 Å². The van der Waals surface area contributed by atoms with Crippen LogP contribution in [0.2, 0.25) is 5.15 Å². The van der Waals surface area contributed by atoms with E-state index < -0.39 is 0 Å². The summed E-state index contributed by atoms with van der Waals surface area (Å²) in [5, 5.41) is 0.330. The minimum atomic E-state index is -0.337. The molecule has 2 heterocycles. The number of ether oxygens (including phenoxy) is 1. The highest BCUT2D eigenvalue weighted by Crippen LogP contribution is 2.17. The van der Waals surface area contributed by atoms with Crippen LogP contribution in [0.15, 0.2) is 54.6 Å². The van der Waals surface area contributed by atoms with Gasteiger partial charge in [0.2, 0.25) is 0 Å². The first kappa shape index (κ1) is 16.1. The Hall–Kier alpha value is -2.73. The summed E-state index contributed by atoms with van der Waals surface area (Å²) in [5.41, 5.74) is 2.71. The normalized spacial score (nSPS) is 11.7. The largest absolute Gasteiger partial charge is 0.458 e. The number of aromatic nitrogens is 4. The number of halogens is 1. The van der Waals surface area contributed by atoms with E-state index in [1.165, 1.54) is 6.33 Å². The molecule has 0 amide bonds. The van der Waals surface area contributed by atoms with Crippen molar-refractivity contribution in [3.05, 3.63) is 65.4 Å². The van der Waals surface area contributed by atoms with E-state index in [0.29, 0.717) is 28.4 Å². The molecule has 0 saturated heterocycles. The van der Waals surface area contributed by atoms with E-state index in [-0.39, 0.29) is 12.6 Å². The number of nitrogens with zero attached hydrogens (tertiary/aromatic N) is 4. The molecule has 24 heavy (non-hydrogen) atoms. The number of esters is 1. The van der Waals surface area contributed by atoms with Gasteiger partial charge in [0.05, 0.1) is 11.9 Å². The SMILES string of the molecule is CC(=CCn1cnc2c(Cl)ncnc21)COC(=O)c1ccccc1. The van der Waals surface area contributed by atoms with Crippen LogP contribution in [-0.4, -0.2) is 32.1 Å². The number of allylic oxidation sites excluding steroid dienone is 1. The number of rotatable bonds is 5. The molecule has 0 spiro atoms. The third-order valence-corrected chi connectivity index (χ3v) is 3.71. The molecule has 0 fully saturated rings. The molecule has 122 valence electrons. The average molecular weight is 343 g/mol. The van der Waals surface area contributed by atoms with Gasteiger partial charge in [-0.15, -0.1) is 0 Å². The standard InChI is InChI=1S/C17H15ClN4O2/c1-12(9-24-17(23)13-5-3-2-4-6-13)7-8-22-11-21-14-15(18)19-10-20-16(14)22/h2-7,10-11H,8-9H2,1H3. The number of carbonyl (C=O) groups is 1. The molecule has 0 saturated carbocycles. The van der Waals surface area contributed by atoms with Crippen LogP contribution in [0.5, 0.6) is 0 Å². The Balaban J connectivity index is 1.62. The Morgan fingerprint density at radius 3 is 2.83 bits per heavy atom. The molecule has 2 aromatic heterocycles. The summed E-state index contributed by atoms with van der Waals surface area (Å²) in [4.78, 5) is 24.2. The van der Waals surface area contributed by atoms with Crippen LogP contribution in [0, 0.1) is 0 Å². The fraction of sp³-hybridized carbons (Fsp3) is 0.176. The van der Waals surface area contributed by atoms with Crippen molar-refractivity contribution in [2.24, 2.45) is 0 Å². The Morgan fingerprint density at radius 2 is 2.04 bits per heavy atom. The predicted molar refractivity (Wildman–Crippen MR) is 90.8 cm³/mol. The molecule has 0 unspecified atom stereocenters. The summed E-state index contributed by atoms with van der Waals surface area (Å²) in [7, 11) is 0. The summed E-state index contributed by atoms with van der Waals surface area (Å²) in [6, 6.07) is 8.91. The van der Waals surface area contributed by atoms with Crippen LogP contribution in [-0.2, 0) is 11.3 Å². The maximum atomic E-state index is 11.9. The molecule has 0 aliphatic heterocycles. The van der Waals surface area contributed by atoms with E-state index in [1.54, 1.807) is 30.6 Å². The molecule has 0 atom stereocenters. The van der Waals surface area contributed by atoms with Gasteiger partial charge in [-0.05, 0) is 24.6 Å². The topological polar surface area (TPSA) is 69.9 Å². The Kier molecular flexibility index (Phi) is 4.86. The highest BCUT2D eigenvalue weighted by Gasteiger charge is 2.08. The van der Waals surface area contributed by atoms with Crippen LogP contribution in [0.25, 0.3) is 11.2 Å². The van der Waals surface area contributed by atoms with Crippen molar-refractivity contribution in [2.45, 2.75) is 13.5 Å². The highest BCUT2D eigenvalue weighted by molar-refractivity contribution is 6.33. The smallest absolute Gasteiger partial charge is 0.338 e. The van der Waals surface area contributed by atoms with Crippen LogP contribution in [0.4, 0.5) is 0 Å². The van der Waals surface area contributed by atoms with Gasteiger partial charge < -0.3 is 9.30 Å². The molecule has 0 radical (unpaired) electrons. The van der Waals surface area contributed by atoms with Crippen molar-refractivity contribution in [3.8, 4) is 0 Å². The van der Waals surface area contributed by atoms with Crippen LogP contribution >= 0.6 is 11.6 Å². The lowest BCUT2D eigenvalue weighted by atomic mass is 10.2. The molecular formula is C17H15ClN4O2. The minimum absolute atomic E-state index is 0.232. The lowest BCUT2D eigenvalue weighted by Crippen LogP contribution is -2.07. The molecule has 0 N–H and O–H groups in total. The number of imidazole rings is 1. The van der Waals surface area contributed by atoms with Crippen molar-refractivity contribution in [1.29, 1.82) is 0 Å². The number of carbonyl (C=O) groups excluding carboxylic acids is 1. The first-order chi connectivity index (χ1) is 11.6. The molecular weight excluding hydrogens is 328 g/mol. The third kappa shape index (κ3) is 3.60. The van der Waals surface area contributed by atoms with Gasteiger partial charge in [0.1, 0.15) is 18.5 Å². The van der Waals surface area contributed by atoms with Gasteiger partial charge in [-0.3, -0.25) is 0 Å². The molecule has 1 aromatic carbocycles. The molecule has 6 nitrogen and oxygen atoms in total. The Labute approximate surface area is 143 Å². The summed E-state index contributed by atoms with van der Waals surface area (Å²) in [6.45, 7) is 2.69. The van der Waals surface area contributed by atoms with Gasteiger partial charge in [-0.2, -0.15) is 0 Å². The minimum Gasteiger partial charge on any atom is -0.458 e. The van der Waals surface area contributed by atoms with Crippen molar-refractivity contribution in [1.82, 2.24) is 19.5 Å². The molecule has 7 heteroatoms.